The molecule has 0 bridgehead atoms. The molecule has 1 fully saturated rings. The lowest BCUT2D eigenvalue weighted by Crippen LogP contribution is -2.43. The summed E-state index contributed by atoms with van der Waals surface area (Å²) in [6, 6.07) is 6.90. The van der Waals surface area contributed by atoms with Crippen LogP contribution < -0.4 is 5.32 Å². The summed E-state index contributed by atoms with van der Waals surface area (Å²) in [4.78, 5) is 25.4. The molecule has 0 unspecified atom stereocenters. The van der Waals surface area contributed by atoms with Gasteiger partial charge in [-0.3, -0.25) is 9.59 Å². The molecule has 0 aliphatic carbocycles. The van der Waals surface area contributed by atoms with Gasteiger partial charge in [-0.05, 0) is 30.5 Å². The highest BCUT2D eigenvalue weighted by molar-refractivity contribution is 7.92. The average molecular weight is 338 g/mol. The minimum atomic E-state index is -3.33. The summed E-state index contributed by atoms with van der Waals surface area (Å²) in [5.41, 5.74) is 1.39. The molecule has 1 saturated heterocycles. The molecule has 7 heteroatoms. The van der Waals surface area contributed by atoms with Crippen LogP contribution in [0.3, 0.4) is 0 Å². The summed E-state index contributed by atoms with van der Waals surface area (Å²) in [5, 5.41) is 1.63. The lowest BCUT2D eigenvalue weighted by atomic mass is 10.1. The Bertz CT molecular complexity index is 683. The van der Waals surface area contributed by atoms with Crippen molar-refractivity contribution in [3.63, 3.8) is 0 Å². The van der Waals surface area contributed by atoms with E-state index in [4.69, 9.17) is 0 Å². The Morgan fingerprint density at radius 3 is 2.43 bits per heavy atom. The molecule has 1 aromatic carbocycles. The first-order valence-electron chi connectivity index (χ1n) is 7.62. The maximum Gasteiger partial charge on any atom is 0.251 e. The van der Waals surface area contributed by atoms with Crippen molar-refractivity contribution in [3.8, 4) is 0 Å². The van der Waals surface area contributed by atoms with E-state index >= 15 is 0 Å². The van der Waals surface area contributed by atoms with Gasteiger partial charge >= 0.3 is 0 Å². The van der Waals surface area contributed by atoms with E-state index in [1.54, 1.807) is 38.4 Å². The second-order valence-corrected chi connectivity index (χ2v) is 8.12. The van der Waals surface area contributed by atoms with Crippen molar-refractivity contribution < 1.29 is 18.0 Å². The van der Waals surface area contributed by atoms with Gasteiger partial charge in [0.05, 0.1) is 5.75 Å². The van der Waals surface area contributed by atoms with Crippen LogP contribution in [-0.2, 0) is 21.2 Å². The van der Waals surface area contributed by atoms with E-state index in [2.05, 4.69) is 5.32 Å². The van der Waals surface area contributed by atoms with E-state index in [0.29, 0.717) is 24.9 Å². The molecule has 1 atom stereocenters. The van der Waals surface area contributed by atoms with Crippen molar-refractivity contribution in [2.24, 2.45) is 0 Å². The second kappa shape index (κ2) is 7.12. The Balaban J connectivity index is 2.05. The maximum absolute atomic E-state index is 12.4. The van der Waals surface area contributed by atoms with E-state index in [9.17, 15) is 18.0 Å². The minimum Gasteiger partial charge on any atom is -0.355 e. The smallest absolute Gasteiger partial charge is 0.251 e. The highest BCUT2D eigenvalue weighted by Crippen LogP contribution is 2.21. The molecular weight excluding hydrogens is 316 g/mol. The summed E-state index contributed by atoms with van der Waals surface area (Å²) >= 11 is 0. The molecule has 23 heavy (non-hydrogen) atoms. The highest BCUT2D eigenvalue weighted by atomic mass is 32.2. The first kappa shape index (κ1) is 17.5. The molecule has 0 aromatic heterocycles. The van der Waals surface area contributed by atoms with Crippen molar-refractivity contribution in [1.29, 1.82) is 0 Å². The van der Waals surface area contributed by atoms with E-state index in [0.717, 1.165) is 12.0 Å². The maximum atomic E-state index is 12.4. The van der Waals surface area contributed by atoms with Crippen LogP contribution in [0.25, 0.3) is 0 Å². The first-order valence-corrected chi connectivity index (χ1v) is 9.34. The molecule has 2 rings (SSSR count). The number of amides is 2. The SMILES string of the molecule is CNC(=O)c1ccc(CN(C)C(=O)[C@H]2CCCCS2(=O)=O)cc1. The van der Waals surface area contributed by atoms with Crippen LogP contribution in [-0.4, -0.2) is 50.2 Å². The topological polar surface area (TPSA) is 83.6 Å². The molecule has 0 radical (unpaired) electrons. The molecule has 1 aliphatic rings. The number of carbonyl (C=O) groups is 2. The van der Waals surface area contributed by atoms with Gasteiger partial charge in [-0.25, -0.2) is 8.42 Å². The van der Waals surface area contributed by atoms with Crippen LogP contribution in [0.15, 0.2) is 24.3 Å². The molecular formula is C16H22N2O4S. The predicted octanol–water partition coefficient (Wildman–Crippen LogP) is 0.972. The zero-order valence-electron chi connectivity index (χ0n) is 13.4. The van der Waals surface area contributed by atoms with Gasteiger partial charge in [0.15, 0.2) is 9.84 Å². The number of rotatable bonds is 4. The minimum absolute atomic E-state index is 0.0953. The van der Waals surface area contributed by atoms with Gasteiger partial charge in [-0.1, -0.05) is 18.6 Å². The van der Waals surface area contributed by atoms with Gasteiger partial charge < -0.3 is 10.2 Å². The first-order chi connectivity index (χ1) is 10.8. The lowest BCUT2D eigenvalue weighted by molar-refractivity contribution is -0.130. The van der Waals surface area contributed by atoms with Crippen LogP contribution in [0.4, 0.5) is 0 Å². The number of sulfone groups is 1. The Hall–Kier alpha value is -1.89. The van der Waals surface area contributed by atoms with Crippen LogP contribution in [0.2, 0.25) is 0 Å². The normalized spacial score (nSPS) is 19.8. The van der Waals surface area contributed by atoms with Gasteiger partial charge in [0, 0.05) is 26.2 Å². The molecule has 1 aromatic rings. The molecule has 1 N–H and O–H groups in total. The van der Waals surface area contributed by atoms with Crippen molar-refractivity contribution in [2.75, 3.05) is 19.8 Å². The number of carbonyl (C=O) groups excluding carboxylic acids is 2. The fourth-order valence-corrected chi connectivity index (χ4v) is 4.64. The quantitative estimate of drug-likeness (QED) is 0.887. The Kier molecular flexibility index (Phi) is 5.41. The predicted molar refractivity (Wildman–Crippen MR) is 87.7 cm³/mol. The Labute approximate surface area is 136 Å². The van der Waals surface area contributed by atoms with Gasteiger partial charge in [-0.2, -0.15) is 0 Å². The van der Waals surface area contributed by atoms with Gasteiger partial charge in [0.2, 0.25) is 5.91 Å². The number of benzene rings is 1. The number of nitrogens with zero attached hydrogens (tertiary/aromatic N) is 1. The summed E-state index contributed by atoms with van der Waals surface area (Å²) < 4.78 is 24.1. The van der Waals surface area contributed by atoms with E-state index in [1.807, 2.05) is 0 Å². The largest absolute Gasteiger partial charge is 0.355 e. The number of nitrogens with one attached hydrogen (secondary N) is 1. The number of hydrogen-bond donors (Lipinski definition) is 1. The molecule has 1 heterocycles. The molecule has 0 saturated carbocycles. The van der Waals surface area contributed by atoms with Gasteiger partial charge in [0.1, 0.15) is 5.25 Å². The van der Waals surface area contributed by atoms with E-state index in [-0.39, 0.29) is 17.6 Å². The van der Waals surface area contributed by atoms with Crippen molar-refractivity contribution >= 4 is 21.7 Å². The fourth-order valence-electron chi connectivity index (χ4n) is 2.74. The summed E-state index contributed by atoms with van der Waals surface area (Å²) in [6.45, 7) is 0.318. The third-order valence-electron chi connectivity index (χ3n) is 4.09. The summed E-state index contributed by atoms with van der Waals surface area (Å²) in [6.07, 6.45) is 1.81. The van der Waals surface area contributed by atoms with Crippen molar-refractivity contribution in [3.05, 3.63) is 35.4 Å². The van der Waals surface area contributed by atoms with Gasteiger partial charge in [0.25, 0.3) is 5.91 Å². The van der Waals surface area contributed by atoms with Crippen molar-refractivity contribution in [2.45, 2.75) is 31.1 Å². The van der Waals surface area contributed by atoms with Gasteiger partial charge in [-0.15, -0.1) is 0 Å². The lowest BCUT2D eigenvalue weighted by Gasteiger charge is -2.26. The van der Waals surface area contributed by atoms with Crippen LogP contribution >= 0.6 is 0 Å². The highest BCUT2D eigenvalue weighted by Gasteiger charge is 2.36. The second-order valence-electron chi connectivity index (χ2n) is 5.82. The molecule has 126 valence electrons. The summed E-state index contributed by atoms with van der Waals surface area (Å²) in [5.74, 6) is -0.424. The Morgan fingerprint density at radius 1 is 1.22 bits per heavy atom. The average Bonchev–Trinajstić information content (AvgIpc) is 2.53. The van der Waals surface area contributed by atoms with Crippen molar-refractivity contribution in [1.82, 2.24) is 10.2 Å². The molecule has 1 aliphatic heterocycles. The molecule has 0 spiro atoms. The zero-order valence-corrected chi connectivity index (χ0v) is 14.2. The van der Waals surface area contributed by atoms with E-state index in [1.165, 1.54) is 4.90 Å². The zero-order chi connectivity index (χ0) is 17.0. The Morgan fingerprint density at radius 2 is 1.87 bits per heavy atom. The standard InChI is InChI=1S/C16H22N2O4S/c1-17-15(19)13-8-6-12(7-9-13)11-18(2)16(20)14-5-3-4-10-23(14,21)22/h6-9,14H,3-5,10-11H2,1-2H3,(H,17,19)/t14-/m1/s1. The third-order valence-corrected chi connectivity index (χ3v) is 6.26. The summed E-state index contributed by atoms with van der Waals surface area (Å²) in [7, 11) is -0.153. The number of hydrogen-bond acceptors (Lipinski definition) is 4. The van der Waals surface area contributed by atoms with Crippen LogP contribution in [0.5, 0.6) is 0 Å². The fraction of sp³-hybridized carbons (Fsp3) is 0.500. The molecule has 2 amide bonds. The third kappa shape index (κ3) is 4.10. The van der Waals surface area contributed by atoms with Crippen LogP contribution in [0, 0.1) is 0 Å². The molecule has 6 nitrogen and oxygen atoms in total. The van der Waals surface area contributed by atoms with Crippen LogP contribution in [0.1, 0.15) is 35.2 Å². The van der Waals surface area contributed by atoms with E-state index < -0.39 is 15.1 Å². The monoisotopic (exact) mass is 338 g/mol.